The van der Waals surface area contributed by atoms with Gasteiger partial charge in [-0.2, -0.15) is 0 Å². The summed E-state index contributed by atoms with van der Waals surface area (Å²) >= 11 is 4.08. The Bertz CT molecular complexity index is 377. The van der Waals surface area contributed by atoms with E-state index in [-0.39, 0.29) is 11.3 Å². The highest BCUT2D eigenvalue weighted by molar-refractivity contribution is 14.1. The minimum Gasteiger partial charge on any atom is -0.506 e. The molecule has 1 rings (SSSR count). The maximum Gasteiger partial charge on any atom is 0.341 e. The molecule has 0 heterocycles. The van der Waals surface area contributed by atoms with Gasteiger partial charge in [-0.3, -0.25) is 0 Å². The van der Waals surface area contributed by atoms with Crippen molar-refractivity contribution in [2.24, 2.45) is 0 Å². The Kier molecular flexibility index (Phi) is 5.10. The highest BCUT2D eigenvalue weighted by atomic mass is 127. The van der Waals surface area contributed by atoms with E-state index in [9.17, 15) is 9.90 Å². The Morgan fingerprint density at radius 1 is 1.47 bits per heavy atom. The fraction of sp³-hybridized carbons (Fsp3) is 0.300. The number of halogens is 2. The lowest BCUT2D eigenvalue weighted by Gasteiger charge is -2.07. The summed E-state index contributed by atoms with van der Waals surface area (Å²) in [6.45, 7) is 2.30. The van der Waals surface area contributed by atoms with Gasteiger partial charge in [0.15, 0.2) is 0 Å². The van der Waals surface area contributed by atoms with E-state index < -0.39 is 5.97 Å². The molecule has 0 spiro atoms. The van der Waals surface area contributed by atoms with Gasteiger partial charge in [-0.15, -0.1) is 0 Å². The average Bonchev–Trinajstić information content (AvgIpc) is 2.19. The molecule has 3 nitrogen and oxygen atoms in total. The van der Waals surface area contributed by atoms with Gasteiger partial charge in [0.2, 0.25) is 0 Å². The van der Waals surface area contributed by atoms with E-state index in [0.29, 0.717) is 10.2 Å². The van der Waals surface area contributed by atoms with Crippen molar-refractivity contribution in [1.82, 2.24) is 0 Å². The number of rotatable bonds is 3. The number of benzene rings is 1. The number of ether oxygens (including phenoxy) is 1. The monoisotopic (exact) mass is 432 g/mol. The highest BCUT2D eigenvalue weighted by Crippen LogP contribution is 2.27. The third kappa shape index (κ3) is 3.47. The molecule has 5 heteroatoms. The van der Waals surface area contributed by atoms with Crippen molar-refractivity contribution in [2.45, 2.75) is 13.3 Å². The van der Waals surface area contributed by atoms with Gasteiger partial charge >= 0.3 is 5.97 Å². The van der Waals surface area contributed by atoms with E-state index in [1.165, 1.54) is 0 Å². The molecule has 1 aromatic carbocycles. The summed E-state index contributed by atoms with van der Waals surface area (Å²) in [6, 6.07) is 3.42. The van der Waals surface area contributed by atoms with Crippen LogP contribution in [0, 0.1) is 7.14 Å². The van der Waals surface area contributed by atoms with Gasteiger partial charge in [0.25, 0.3) is 0 Å². The average molecular weight is 432 g/mol. The second kappa shape index (κ2) is 5.88. The first-order valence-corrected chi connectivity index (χ1v) is 6.57. The number of hydrogen-bond acceptors (Lipinski definition) is 3. The number of aromatic hydroxyl groups is 1. The smallest absolute Gasteiger partial charge is 0.341 e. The second-order valence-electron chi connectivity index (χ2n) is 2.92. The zero-order chi connectivity index (χ0) is 11.4. The summed E-state index contributed by atoms with van der Waals surface area (Å²) in [5.41, 5.74) is 0.236. The van der Waals surface area contributed by atoms with E-state index in [1.54, 1.807) is 12.1 Å². The molecule has 0 aromatic heterocycles. The zero-order valence-electron chi connectivity index (χ0n) is 8.09. The number of hydrogen-bond donors (Lipinski definition) is 1. The molecule has 1 N–H and O–H groups in total. The van der Waals surface area contributed by atoms with E-state index >= 15 is 0 Å². The van der Waals surface area contributed by atoms with Crippen molar-refractivity contribution < 1.29 is 14.6 Å². The normalized spacial score (nSPS) is 10.1. The molecule has 0 aliphatic carbocycles. The standard InChI is InChI=1S/C10H10I2O3/c1-2-3-15-10(14)7-4-6(11)5-8(12)9(7)13/h4-5,13H,2-3H2,1H3. The minimum absolute atomic E-state index is 0.00267. The van der Waals surface area contributed by atoms with Crippen molar-refractivity contribution in [3.8, 4) is 5.75 Å². The van der Waals surface area contributed by atoms with Gasteiger partial charge in [-0.1, -0.05) is 6.92 Å². The SMILES string of the molecule is CCCOC(=O)c1cc(I)cc(I)c1O. The second-order valence-corrected chi connectivity index (χ2v) is 5.33. The molecule has 0 radical (unpaired) electrons. The van der Waals surface area contributed by atoms with Crippen LogP contribution in [0.2, 0.25) is 0 Å². The molecule has 15 heavy (non-hydrogen) atoms. The first-order valence-electron chi connectivity index (χ1n) is 4.41. The summed E-state index contributed by atoms with van der Waals surface area (Å²) in [7, 11) is 0. The predicted molar refractivity (Wildman–Crippen MR) is 74.1 cm³/mol. The van der Waals surface area contributed by atoms with Crippen LogP contribution in [0.1, 0.15) is 23.7 Å². The van der Waals surface area contributed by atoms with Crippen molar-refractivity contribution in [3.63, 3.8) is 0 Å². The van der Waals surface area contributed by atoms with Gasteiger partial charge in [0.05, 0.1) is 10.2 Å². The third-order valence-electron chi connectivity index (χ3n) is 1.69. The summed E-state index contributed by atoms with van der Waals surface area (Å²) in [5.74, 6) is -0.470. The summed E-state index contributed by atoms with van der Waals surface area (Å²) < 4.78 is 6.52. The highest BCUT2D eigenvalue weighted by Gasteiger charge is 2.15. The lowest BCUT2D eigenvalue weighted by Crippen LogP contribution is -2.07. The lowest BCUT2D eigenvalue weighted by molar-refractivity contribution is 0.0501. The molecule has 82 valence electrons. The van der Waals surface area contributed by atoms with Gasteiger partial charge in [-0.05, 0) is 63.7 Å². The van der Waals surface area contributed by atoms with E-state index in [1.807, 2.05) is 29.5 Å². The number of carbonyl (C=O) groups is 1. The topological polar surface area (TPSA) is 46.5 Å². The number of esters is 1. The summed E-state index contributed by atoms with van der Waals surface area (Å²) in [6.07, 6.45) is 0.771. The molecular formula is C10H10I2O3. The Morgan fingerprint density at radius 3 is 2.73 bits per heavy atom. The van der Waals surface area contributed by atoms with E-state index in [4.69, 9.17) is 4.74 Å². The predicted octanol–water partition coefficient (Wildman–Crippen LogP) is 3.17. The quantitative estimate of drug-likeness (QED) is 0.590. The van der Waals surface area contributed by atoms with Crippen LogP contribution in [0.15, 0.2) is 12.1 Å². The van der Waals surface area contributed by atoms with Crippen LogP contribution in [0.4, 0.5) is 0 Å². The molecule has 0 amide bonds. The Hall–Kier alpha value is -0.0500. The lowest BCUT2D eigenvalue weighted by atomic mass is 10.2. The maximum atomic E-state index is 11.5. The molecule has 0 atom stereocenters. The van der Waals surface area contributed by atoms with Gasteiger partial charge in [0, 0.05) is 3.57 Å². The molecule has 0 unspecified atom stereocenters. The third-order valence-corrected chi connectivity index (χ3v) is 3.13. The van der Waals surface area contributed by atoms with Crippen molar-refractivity contribution in [3.05, 3.63) is 24.8 Å². The fourth-order valence-corrected chi connectivity index (χ4v) is 2.84. The van der Waals surface area contributed by atoms with Crippen LogP contribution in [0.5, 0.6) is 5.75 Å². The van der Waals surface area contributed by atoms with Crippen LogP contribution < -0.4 is 0 Å². The number of carbonyl (C=O) groups excluding carboxylic acids is 1. The molecule has 0 saturated heterocycles. The minimum atomic E-state index is -0.467. The van der Waals surface area contributed by atoms with E-state index in [0.717, 1.165) is 9.99 Å². The van der Waals surface area contributed by atoms with Crippen LogP contribution in [0.25, 0.3) is 0 Å². The number of phenolic OH excluding ortho intramolecular Hbond substituents is 1. The fourth-order valence-electron chi connectivity index (χ4n) is 0.994. The summed E-state index contributed by atoms with van der Waals surface area (Å²) in [5, 5.41) is 9.68. The zero-order valence-corrected chi connectivity index (χ0v) is 12.4. The van der Waals surface area contributed by atoms with E-state index in [2.05, 4.69) is 22.6 Å². The number of phenols is 1. The van der Waals surface area contributed by atoms with Crippen LogP contribution >= 0.6 is 45.2 Å². The van der Waals surface area contributed by atoms with Crippen molar-refractivity contribution >= 4 is 51.2 Å². The van der Waals surface area contributed by atoms with Crippen LogP contribution in [-0.2, 0) is 4.74 Å². The largest absolute Gasteiger partial charge is 0.506 e. The molecule has 0 fully saturated rings. The molecule has 0 bridgehead atoms. The molecule has 1 aromatic rings. The van der Waals surface area contributed by atoms with Crippen molar-refractivity contribution in [1.29, 1.82) is 0 Å². The first-order chi connectivity index (χ1) is 7.06. The van der Waals surface area contributed by atoms with Gasteiger partial charge < -0.3 is 9.84 Å². The summed E-state index contributed by atoms with van der Waals surface area (Å²) in [4.78, 5) is 11.5. The van der Waals surface area contributed by atoms with Crippen molar-refractivity contribution in [2.75, 3.05) is 6.61 Å². The Morgan fingerprint density at radius 2 is 2.13 bits per heavy atom. The molecule has 0 saturated carbocycles. The first kappa shape index (κ1) is 13.0. The molecular weight excluding hydrogens is 422 g/mol. The van der Waals surface area contributed by atoms with Crippen LogP contribution in [0.3, 0.4) is 0 Å². The van der Waals surface area contributed by atoms with Crippen LogP contribution in [-0.4, -0.2) is 17.7 Å². The maximum absolute atomic E-state index is 11.5. The molecule has 0 aliphatic heterocycles. The Labute approximate surface area is 115 Å². The van der Waals surface area contributed by atoms with Gasteiger partial charge in [-0.25, -0.2) is 4.79 Å². The molecule has 0 aliphatic rings. The Balaban J connectivity index is 2.98. The van der Waals surface area contributed by atoms with Gasteiger partial charge in [0.1, 0.15) is 11.3 Å².